The molecule has 9 nitrogen and oxygen atoms in total. The number of pyridine rings is 2. The van der Waals surface area contributed by atoms with E-state index in [0.29, 0.717) is 43.3 Å². The molecule has 0 spiro atoms. The van der Waals surface area contributed by atoms with E-state index in [2.05, 4.69) is 20.2 Å². The Morgan fingerprint density at radius 2 is 1.82 bits per heavy atom. The Labute approximate surface area is 185 Å². The van der Waals surface area contributed by atoms with E-state index in [9.17, 15) is 22.8 Å². The highest BCUT2D eigenvalue weighted by Crippen LogP contribution is 2.34. The van der Waals surface area contributed by atoms with Crippen molar-refractivity contribution in [3.05, 3.63) is 42.5 Å². The van der Waals surface area contributed by atoms with E-state index < -0.39 is 23.7 Å². The molecule has 1 saturated heterocycles. The average Bonchev–Trinajstić information content (AvgIpc) is 3.37. The molecule has 2 aliphatic rings. The van der Waals surface area contributed by atoms with Crippen molar-refractivity contribution in [2.24, 2.45) is 0 Å². The summed E-state index contributed by atoms with van der Waals surface area (Å²) in [5.74, 6) is 0.181. The van der Waals surface area contributed by atoms with Crippen molar-refractivity contribution < 1.29 is 27.5 Å². The van der Waals surface area contributed by atoms with Crippen LogP contribution in [0.4, 0.5) is 23.7 Å². The maximum absolute atomic E-state index is 13.0. The number of H-pyrrole nitrogens is 1. The van der Waals surface area contributed by atoms with Gasteiger partial charge in [0.2, 0.25) is 0 Å². The van der Waals surface area contributed by atoms with Gasteiger partial charge in [-0.1, -0.05) is 0 Å². The van der Waals surface area contributed by atoms with Crippen molar-refractivity contribution in [2.45, 2.75) is 44.0 Å². The molecule has 2 fully saturated rings. The summed E-state index contributed by atoms with van der Waals surface area (Å²) in [5, 5.41) is 7.53. The maximum atomic E-state index is 13.0. The Hall–Kier alpha value is -3.70. The van der Waals surface area contributed by atoms with E-state index in [1.165, 1.54) is 0 Å². The van der Waals surface area contributed by atoms with E-state index in [-0.39, 0.29) is 24.4 Å². The van der Waals surface area contributed by atoms with Gasteiger partial charge in [0, 0.05) is 17.6 Å². The van der Waals surface area contributed by atoms with Gasteiger partial charge in [-0.05, 0) is 37.8 Å². The number of hydrogen-bond acceptors (Lipinski definition) is 6. The maximum Gasteiger partial charge on any atom is 0.417 e. The number of fused-ring (bicyclic) bond motifs is 1. The number of rotatable bonds is 4. The second kappa shape index (κ2) is 8.01. The second-order valence-electron chi connectivity index (χ2n) is 8.09. The van der Waals surface area contributed by atoms with E-state index >= 15 is 0 Å². The molecular formula is C21H19F3N6O3. The summed E-state index contributed by atoms with van der Waals surface area (Å²) in [6.07, 6.45) is 2.74. The molecule has 1 aliphatic heterocycles. The number of aromatic amines is 1. The lowest BCUT2D eigenvalue weighted by Gasteiger charge is -2.33. The fourth-order valence-electron chi connectivity index (χ4n) is 4.30. The number of aromatic nitrogens is 4. The van der Waals surface area contributed by atoms with Crippen LogP contribution in [0, 0.1) is 0 Å². The minimum atomic E-state index is -4.59. The Kier molecular flexibility index (Phi) is 5.14. The van der Waals surface area contributed by atoms with Crippen LogP contribution in [0.2, 0.25) is 0 Å². The SMILES string of the molecule is O=C1CN(c2cncc(C(F)(F)F)c2)C(=O)N1[C@H]1CC[C@H](Oc2cnc3[nH]ncc3c2)CC1. The molecule has 1 aliphatic carbocycles. The van der Waals surface area contributed by atoms with E-state index in [1.807, 2.05) is 6.07 Å². The monoisotopic (exact) mass is 460 g/mol. The van der Waals surface area contributed by atoms with Crippen LogP contribution in [-0.4, -0.2) is 55.7 Å². The molecule has 0 unspecified atom stereocenters. The summed E-state index contributed by atoms with van der Waals surface area (Å²) >= 11 is 0. The number of amides is 3. The highest BCUT2D eigenvalue weighted by atomic mass is 19.4. The van der Waals surface area contributed by atoms with Gasteiger partial charge in [-0.2, -0.15) is 18.3 Å². The third-order valence-electron chi connectivity index (χ3n) is 5.94. The number of hydrogen-bond donors (Lipinski definition) is 1. The third kappa shape index (κ3) is 4.08. The summed E-state index contributed by atoms with van der Waals surface area (Å²) < 4.78 is 45.0. The molecule has 172 valence electrons. The zero-order valence-electron chi connectivity index (χ0n) is 17.2. The van der Waals surface area contributed by atoms with Crippen molar-refractivity contribution in [1.82, 2.24) is 25.1 Å². The lowest BCUT2D eigenvalue weighted by molar-refractivity contribution is -0.137. The Balaban J connectivity index is 1.23. The minimum absolute atomic E-state index is 0.0511. The van der Waals surface area contributed by atoms with E-state index in [1.54, 1.807) is 12.4 Å². The lowest BCUT2D eigenvalue weighted by atomic mass is 9.92. The van der Waals surface area contributed by atoms with Gasteiger partial charge in [0.05, 0.1) is 35.9 Å². The van der Waals surface area contributed by atoms with Gasteiger partial charge < -0.3 is 4.74 Å². The van der Waals surface area contributed by atoms with Crippen molar-refractivity contribution >= 4 is 28.7 Å². The largest absolute Gasteiger partial charge is 0.489 e. The normalized spacial score (nSPS) is 21.8. The molecule has 33 heavy (non-hydrogen) atoms. The molecular weight excluding hydrogens is 441 g/mol. The number of urea groups is 1. The van der Waals surface area contributed by atoms with Gasteiger partial charge in [-0.25, -0.2) is 9.78 Å². The molecule has 0 radical (unpaired) electrons. The average molecular weight is 460 g/mol. The summed E-state index contributed by atoms with van der Waals surface area (Å²) in [4.78, 5) is 35.5. The van der Waals surface area contributed by atoms with Crippen molar-refractivity contribution in [2.75, 3.05) is 11.4 Å². The smallest absolute Gasteiger partial charge is 0.417 e. The molecule has 5 rings (SSSR count). The molecule has 4 heterocycles. The van der Waals surface area contributed by atoms with Crippen LogP contribution in [0.1, 0.15) is 31.2 Å². The van der Waals surface area contributed by atoms with Gasteiger partial charge in [0.1, 0.15) is 12.3 Å². The van der Waals surface area contributed by atoms with Gasteiger partial charge in [-0.15, -0.1) is 0 Å². The standard InChI is InChI=1S/C21H19F3N6O3/c22-21(23,24)13-6-15(9-25-8-13)29-11-18(31)30(20(29)32)14-1-3-16(4-2-14)33-17-5-12-7-27-28-19(12)26-10-17/h5-10,14,16H,1-4,11H2,(H,26,27,28)/t14-,16-. The minimum Gasteiger partial charge on any atom is -0.489 e. The Morgan fingerprint density at radius 3 is 2.58 bits per heavy atom. The first-order valence-electron chi connectivity index (χ1n) is 10.4. The van der Waals surface area contributed by atoms with Gasteiger partial charge in [0.25, 0.3) is 5.91 Å². The van der Waals surface area contributed by atoms with Crippen LogP contribution < -0.4 is 9.64 Å². The summed E-state index contributed by atoms with van der Waals surface area (Å²) in [7, 11) is 0. The zero-order valence-corrected chi connectivity index (χ0v) is 17.2. The fourth-order valence-corrected chi connectivity index (χ4v) is 4.30. The topological polar surface area (TPSA) is 104 Å². The summed E-state index contributed by atoms with van der Waals surface area (Å²) in [6, 6.07) is 1.71. The van der Waals surface area contributed by atoms with E-state index in [4.69, 9.17) is 4.74 Å². The van der Waals surface area contributed by atoms with Crippen LogP contribution in [0.5, 0.6) is 5.75 Å². The number of nitrogens with one attached hydrogen (secondary N) is 1. The number of carbonyl (C=O) groups is 2. The molecule has 3 aromatic rings. The highest BCUT2D eigenvalue weighted by Gasteiger charge is 2.43. The number of alkyl halides is 3. The summed E-state index contributed by atoms with van der Waals surface area (Å²) in [6.45, 7) is -0.311. The molecule has 0 atom stereocenters. The third-order valence-corrected chi connectivity index (χ3v) is 5.94. The zero-order chi connectivity index (χ0) is 23.2. The number of imide groups is 1. The summed E-state index contributed by atoms with van der Waals surface area (Å²) in [5.41, 5.74) is -0.359. The van der Waals surface area contributed by atoms with Crippen LogP contribution >= 0.6 is 0 Å². The highest BCUT2D eigenvalue weighted by molar-refractivity contribution is 6.12. The number of ether oxygens (including phenoxy) is 1. The fraction of sp³-hybridized carbons (Fsp3) is 0.381. The number of halogens is 3. The molecule has 1 saturated carbocycles. The second-order valence-corrected chi connectivity index (χ2v) is 8.09. The van der Waals surface area contributed by atoms with Crippen LogP contribution in [0.25, 0.3) is 11.0 Å². The predicted octanol–water partition coefficient (Wildman–Crippen LogP) is 3.53. The van der Waals surface area contributed by atoms with Crippen LogP contribution in [0.3, 0.4) is 0 Å². The quantitative estimate of drug-likeness (QED) is 0.598. The van der Waals surface area contributed by atoms with Crippen molar-refractivity contribution in [1.29, 1.82) is 0 Å². The first-order valence-corrected chi connectivity index (χ1v) is 10.4. The van der Waals surface area contributed by atoms with Gasteiger partial charge >= 0.3 is 12.2 Å². The predicted molar refractivity (Wildman–Crippen MR) is 109 cm³/mol. The number of nitrogens with zero attached hydrogens (tertiary/aromatic N) is 5. The molecule has 3 aromatic heterocycles. The van der Waals surface area contributed by atoms with Gasteiger partial charge in [-0.3, -0.25) is 24.7 Å². The molecule has 0 aromatic carbocycles. The van der Waals surface area contributed by atoms with Crippen molar-refractivity contribution in [3.8, 4) is 5.75 Å². The van der Waals surface area contributed by atoms with Crippen LogP contribution in [-0.2, 0) is 11.0 Å². The van der Waals surface area contributed by atoms with E-state index in [0.717, 1.165) is 27.4 Å². The molecule has 0 bridgehead atoms. The molecule has 1 N–H and O–H groups in total. The Morgan fingerprint density at radius 1 is 1.03 bits per heavy atom. The van der Waals surface area contributed by atoms with Crippen molar-refractivity contribution in [3.63, 3.8) is 0 Å². The first-order chi connectivity index (χ1) is 15.8. The number of carbonyl (C=O) groups excluding carboxylic acids is 2. The number of anilines is 1. The first kappa shape index (κ1) is 21.2. The molecule has 12 heteroatoms. The van der Waals surface area contributed by atoms with Crippen LogP contribution in [0.15, 0.2) is 36.9 Å². The van der Waals surface area contributed by atoms with Gasteiger partial charge in [0.15, 0.2) is 5.65 Å². The lowest BCUT2D eigenvalue weighted by Crippen LogP contribution is -2.44. The molecule has 3 amide bonds. The Bertz CT molecular complexity index is 1210.